The first kappa shape index (κ1) is 15.6. The van der Waals surface area contributed by atoms with E-state index in [0.717, 1.165) is 10.8 Å². The summed E-state index contributed by atoms with van der Waals surface area (Å²) >= 11 is 3.58. The van der Waals surface area contributed by atoms with Crippen LogP contribution in [0, 0.1) is 0 Å². The molecule has 1 aliphatic rings. The number of carbonyl (C=O) groups excluding carboxylic acids is 1. The van der Waals surface area contributed by atoms with Gasteiger partial charge in [0.15, 0.2) is 5.13 Å². The number of carbonyl (C=O) groups is 1. The van der Waals surface area contributed by atoms with Gasteiger partial charge in [0.2, 0.25) is 0 Å². The maximum absolute atomic E-state index is 11.1. The molecule has 1 fully saturated rings. The van der Waals surface area contributed by atoms with Crippen molar-refractivity contribution < 1.29 is 9.53 Å². The summed E-state index contributed by atoms with van der Waals surface area (Å²) in [6, 6.07) is 0.526. The van der Waals surface area contributed by atoms with Gasteiger partial charge in [0, 0.05) is 23.1 Å². The number of methoxy groups -OCH3 is 1. The number of hydrogen-bond donors (Lipinski definition) is 1. The minimum absolute atomic E-state index is 0.178. The van der Waals surface area contributed by atoms with Gasteiger partial charge in [-0.25, -0.2) is 4.98 Å². The molecule has 4 nitrogen and oxygen atoms in total. The van der Waals surface area contributed by atoms with E-state index in [9.17, 15) is 4.79 Å². The minimum atomic E-state index is -0.178. The first-order chi connectivity index (χ1) is 9.72. The van der Waals surface area contributed by atoms with Gasteiger partial charge in [0.25, 0.3) is 0 Å². The summed E-state index contributed by atoms with van der Waals surface area (Å²) in [5.41, 5.74) is 0.972. The van der Waals surface area contributed by atoms with Gasteiger partial charge < -0.3 is 10.1 Å². The van der Waals surface area contributed by atoms with Crippen LogP contribution in [0.2, 0.25) is 0 Å². The number of rotatable bonds is 6. The second-order valence-electron chi connectivity index (χ2n) is 5.03. The lowest BCUT2D eigenvalue weighted by molar-refractivity contribution is -0.140. The van der Waals surface area contributed by atoms with Crippen LogP contribution in [0.1, 0.15) is 37.8 Å². The van der Waals surface area contributed by atoms with Gasteiger partial charge in [-0.1, -0.05) is 12.8 Å². The fraction of sp³-hybridized carbons (Fsp3) is 0.714. The maximum atomic E-state index is 11.1. The van der Waals surface area contributed by atoms with E-state index in [1.54, 1.807) is 11.3 Å². The Morgan fingerprint density at radius 2 is 2.35 bits per heavy atom. The molecular weight excluding hydrogens is 292 g/mol. The van der Waals surface area contributed by atoms with Crippen molar-refractivity contribution in [1.82, 2.24) is 4.98 Å². The SMILES string of the molecule is COC(=O)CCc1csc(NC2CCCCC2SC)n1. The number of aromatic nitrogens is 1. The Morgan fingerprint density at radius 1 is 1.55 bits per heavy atom. The highest BCUT2D eigenvalue weighted by molar-refractivity contribution is 7.99. The molecule has 1 heterocycles. The normalized spacial score (nSPS) is 22.5. The number of thioether (sulfide) groups is 1. The zero-order chi connectivity index (χ0) is 14.4. The highest BCUT2D eigenvalue weighted by Crippen LogP contribution is 2.30. The van der Waals surface area contributed by atoms with Crippen LogP contribution in [0.4, 0.5) is 5.13 Å². The summed E-state index contributed by atoms with van der Waals surface area (Å²) in [4.78, 5) is 15.7. The Hall–Kier alpha value is -0.750. The number of ether oxygens (including phenoxy) is 1. The zero-order valence-corrected chi connectivity index (χ0v) is 13.7. The van der Waals surface area contributed by atoms with E-state index in [1.165, 1.54) is 32.8 Å². The quantitative estimate of drug-likeness (QED) is 0.816. The topological polar surface area (TPSA) is 51.2 Å². The van der Waals surface area contributed by atoms with E-state index in [4.69, 9.17) is 0 Å². The Labute approximate surface area is 128 Å². The van der Waals surface area contributed by atoms with Crippen molar-refractivity contribution in [2.45, 2.75) is 49.8 Å². The minimum Gasteiger partial charge on any atom is -0.469 e. The molecule has 0 radical (unpaired) electrons. The lowest BCUT2D eigenvalue weighted by atomic mass is 9.95. The van der Waals surface area contributed by atoms with Crippen molar-refractivity contribution in [1.29, 1.82) is 0 Å². The Kier molecular flexibility index (Phi) is 6.16. The molecule has 0 spiro atoms. The first-order valence-electron chi connectivity index (χ1n) is 7.03. The first-order valence-corrected chi connectivity index (χ1v) is 9.20. The molecule has 1 aromatic rings. The number of aryl methyl sites for hydroxylation is 1. The van der Waals surface area contributed by atoms with Gasteiger partial charge in [-0.15, -0.1) is 11.3 Å². The van der Waals surface area contributed by atoms with E-state index >= 15 is 0 Å². The molecular formula is C14H22N2O2S2. The predicted molar refractivity (Wildman–Crippen MR) is 85.6 cm³/mol. The Morgan fingerprint density at radius 3 is 3.10 bits per heavy atom. The third kappa shape index (κ3) is 4.38. The molecule has 2 rings (SSSR count). The van der Waals surface area contributed by atoms with Gasteiger partial charge in [-0.05, 0) is 19.1 Å². The number of hydrogen-bond acceptors (Lipinski definition) is 6. The standard InChI is InChI=1S/C14H22N2O2S2/c1-18-13(17)8-7-10-9-20-14(15-10)16-11-5-3-4-6-12(11)19-2/h9,11-12H,3-8H2,1-2H3,(H,15,16). The predicted octanol–water partition coefficient (Wildman–Crippen LogP) is 3.33. The van der Waals surface area contributed by atoms with Gasteiger partial charge >= 0.3 is 5.97 Å². The zero-order valence-electron chi connectivity index (χ0n) is 12.1. The largest absolute Gasteiger partial charge is 0.469 e. The number of anilines is 1. The smallest absolute Gasteiger partial charge is 0.305 e. The van der Waals surface area contributed by atoms with E-state index in [2.05, 4.69) is 21.3 Å². The number of thiazole rings is 1. The van der Waals surface area contributed by atoms with Crippen LogP contribution >= 0.6 is 23.1 Å². The van der Waals surface area contributed by atoms with Crippen molar-refractivity contribution in [2.24, 2.45) is 0 Å². The fourth-order valence-corrected chi connectivity index (χ4v) is 4.27. The molecule has 6 heteroatoms. The fourth-order valence-electron chi connectivity index (χ4n) is 2.52. The third-order valence-corrected chi connectivity index (χ3v) is 5.67. The average molecular weight is 314 g/mol. The van der Waals surface area contributed by atoms with Gasteiger partial charge in [-0.2, -0.15) is 11.8 Å². The van der Waals surface area contributed by atoms with E-state index < -0.39 is 0 Å². The maximum Gasteiger partial charge on any atom is 0.305 e. The van der Waals surface area contributed by atoms with Gasteiger partial charge in [0.1, 0.15) is 0 Å². The molecule has 1 aromatic heterocycles. The van der Waals surface area contributed by atoms with Crippen LogP contribution in [-0.4, -0.2) is 35.6 Å². The van der Waals surface area contributed by atoms with Gasteiger partial charge in [-0.3, -0.25) is 4.79 Å². The monoisotopic (exact) mass is 314 g/mol. The second kappa shape index (κ2) is 7.88. The summed E-state index contributed by atoms with van der Waals surface area (Å²) in [5, 5.41) is 7.27. The highest BCUT2D eigenvalue weighted by atomic mass is 32.2. The molecule has 1 saturated carbocycles. The van der Waals surface area contributed by atoms with Crippen LogP contribution in [0.15, 0.2) is 5.38 Å². The van der Waals surface area contributed by atoms with E-state index in [0.29, 0.717) is 24.1 Å². The molecule has 0 saturated heterocycles. The molecule has 0 aromatic carbocycles. The van der Waals surface area contributed by atoms with Crippen LogP contribution in [0.3, 0.4) is 0 Å². The van der Waals surface area contributed by atoms with Crippen molar-refractivity contribution in [3.05, 3.63) is 11.1 Å². The van der Waals surface area contributed by atoms with Crippen molar-refractivity contribution >= 4 is 34.2 Å². The second-order valence-corrected chi connectivity index (χ2v) is 6.96. The summed E-state index contributed by atoms with van der Waals surface area (Å²) in [6.07, 6.45) is 8.40. The Balaban J connectivity index is 1.86. The molecule has 1 aliphatic carbocycles. The number of nitrogens with one attached hydrogen (secondary N) is 1. The molecule has 0 amide bonds. The lowest BCUT2D eigenvalue weighted by Gasteiger charge is -2.30. The van der Waals surface area contributed by atoms with Crippen molar-refractivity contribution in [3.8, 4) is 0 Å². The Bertz CT molecular complexity index is 437. The van der Waals surface area contributed by atoms with Crippen LogP contribution in [-0.2, 0) is 16.0 Å². The van der Waals surface area contributed by atoms with E-state index in [-0.39, 0.29) is 5.97 Å². The molecule has 20 heavy (non-hydrogen) atoms. The lowest BCUT2D eigenvalue weighted by Crippen LogP contribution is -2.34. The number of nitrogens with zero attached hydrogens (tertiary/aromatic N) is 1. The third-order valence-electron chi connectivity index (χ3n) is 3.68. The summed E-state index contributed by atoms with van der Waals surface area (Å²) in [6.45, 7) is 0. The van der Waals surface area contributed by atoms with Crippen LogP contribution in [0.5, 0.6) is 0 Å². The van der Waals surface area contributed by atoms with Crippen LogP contribution in [0.25, 0.3) is 0 Å². The summed E-state index contributed by atoms with van der Waals surface area (Å²) < 4.78 is 4.65. The highest BCUT2D eigenvalue weighted by Gasteiger charge is 2.24. The molecule has 1 N–H and O–H groups in total. The van der Waals surface area contributed by atoms with E-state index in [1.807, 2.05) is 17.1 Å². The van der Waals surface area contributed by atoms with Crippen molar-refractivity contribution in [2.75, 3.05) is 18.7 Å². The number of esters is 1. The molecule has 0 bridgehead atoms. The van der Waals surface area contributed by atoms with Crippen molar-refractivity contribution in [3.63, 3.8) is 0 Å². The summed E-state index contributed by atoms with van der Waals surface area (Å²) in [7, 11) is 1.42. The van der Waals surface area contributed by atoms with Crippen LogP contribution < -0.4 is 5.32 Å². The molecule has 2 atom stereocenters. The summed E-state index contributed by atoms with van der Waals surface area (Å²) in [5.74, 6) is -0.178. The average Bonchev–Trinajstić information content (AvgIpc) is 2.93. The van der Waals surface area contributed by atoms with Gasteiger partial charge in [0.05, 0.1) is 19.2 Å². The molecule has 0 aliphatic heterocycles. The molecule has 2 unspecified atom stereocenters. The molecule has 112 valence electrons.